The molecule has 0 saturated carbocycles. The van der Waals surface area contributed by atoms with Crippen molar-refractivity contribution < 1.29 is 18.7 Å². The number of aromatic nitrogens is 2. The quantitative estimate of drug-likeness (QED) is 0.177. The van der Waals surface area contributed by atoms with Gasteiger partial charge in [-0.2, -0.15) is 0 Å². The number of hydrogen-bond donors (Lipinski definition) is 0. The van der Waals surface area contributed by atoms with Crippen molar-refractivity contribution >= 4 is 35.0 Å². The smallest absolute Gasteiger partial charge is 0.338 e. The summed E-state index contributed by atoms with van der Waals surface area (Å²) in [6, 6.07) is 22.4. The van der Waals surface area contributed by atoms with Crippen molar-refractivity contribution in [2.24, 2.45) is 4.99 Å². The van der Waals surface area contributed by atoms with E-state index >= 15 is 0 Å². The number of halogens is 2. The molecular formula is C36H31ClFN3O4S. The average Bonchev–Trinajstić information content (AvgIpc) is 3.50. The number of ether oxygens (including phenoxy) is 2. The summed E-state index contributed by atoms with van der Waals surface area (Å²) in [6.07, 6.45) is 1.87. The Morgan fingerprint density at radius 2 is 1.76 bits per heavy atom. The molecular weight excluding hydrogens is 625 g/mol. The van der Waals surface area contributed by atoms with E-state index in [-0.39, 0.29) is 23.6 Å². The normalized spacial score (nSPS) is 14.7. The lowest BCUT2D eigenvalue weighted by molar-refractivity contribution is -0.139. The van der Waals surface area contributed by atoms with Crippen LogP contribution in [0.1, 0.15) is 48.0 Å². The van der Waals surface area contributed by atoms with Crippen LogP contribution in [0.5, 0.6) is 5.75 Å². The first-order valence-corrected chi connectivity index (χ1v) is 16.0. The molecule has 5 aromatic rings. The van der Waals surface area contributed by atoms with Gasteiger partial charge in [-0.25, -0.2) is 14.2 Å². The molecule has 0 fully saturated rings. The Morgan fingerprint density at radius 3 is 2.46 bits per heavy atom. The van der Waals surface area contributed by atoms with E-state index < -0.39 is 12.0 Å². The molecule has 46 heavy (non-hydrogen) atoms. The van der Waals surface area contributed by atoms with Gasteiger partial charge in [-0.3, -0.25) is 9.36 Å². The Hall–Kier alpha value is -4.73. The first-order chi connectivity index (χ1) is 22.2. The van der Waals surface area contributed by atoms with E-state index in [4.69, 9.17) is 21.1 Å². The van der Waals surface area contributed by atoms with Gasteiger partial charge in [0.15, 0.2) is 4.80 Å². The molecule has 2 aromatic heterocycles. The molecule has 0 bridgehead atoms. The number of rotatable bonds is 8. The number of thiazole rings is 1. The van der Waals surface area contributed by atoms with Gasteiger partial charge < -0.3 is 14.0 Å². The molecule has 0 N–H and O–H groups in total. The fourth-order valence-electron chi connectivity index (χ4n) is 5.69. The van der Waals surface area contributed by atoms with Crippen LogP contribution in [0, 0.1) is 19.7 Å². The highest BCUT2D eigenvalue weighted by atomic mass is 35.5. The van der Waals surface area contributed by atoms with Gasteiger partial charge in [-0.05, 0) is 99.0 Å². The fourth-order valence-corrected chi connectivity index (χ4v) is 6.97. The Kier molecular flexibility index (Phi) is 8.80. The van der Waals surface area contributed by atoms with E-state index in [9.17, 15) is 14.0 Å². The molecule has 3 heterocycles. The van der Waals surface area contributed by atoms with E-state index in [1.807, 2.05) is 62.4 Å². The highest BCUT2D eigenvalue weighted by Crippen LogP contribution is 2.34. The van der Waals surface area contributed by atoms with Crippen molar-refractivity contribution in [2.45, 2.75) is 40.3 Å². The molecule has 0 radical (unpaired) electrons. The number of allylic oxidation sites excluding steroid dienone is 1. The molecule has 1 aliphatic heterocycles. The summed E-state index contributed by atoms with van der Waals surface area (Å²) in [6.45, 7) is 8.03. The van der Waals surface area contributed by atoms with Gasteiger partial charge in [0.2, 0.25) is 0 Å². The largest absolute Gasteiger partial charge is 0.489 e. The van der Waals surface area contributed by atoms with Crippen LogP contribution in [0.3, 0.4) is 0 Å². The summed E-state index contributed by atoms with van der Waals surface area (Å²) >= 11 is 7.89. The molecule has 10 heteroatoms. The molecule has 6 rings (SSSR count). The number of hydrogen-bond acceptors (Lipinski definition) is 6. The molecule has 0 spiro atoms. The van der Waals surface area contributed by atoms with Crippen molar-refractivity contribution in [3.05, 3.63) is 149 Å². The van der Waals surface area contributed by atoms with Gasteiger partial charge in [0.05, 0.1) is 22.4 Å². The van der Waals surface area contributed by atoms with Gasteiger partial charge in [0.1, 0.15) is 24.2 Å². The minimum absolute atomic E-state index is 0.191. The minimum Gasteiger partial charge on any atom is -0.489 e. The number of aryl methyl sites for hydroxylation is 1. The number of carbonyl (C=O) groups excluding carboxylic acids is 1. The first kappa shape index (κ1) is 31.3. The minimum atomic E-state index is -0.776. The SMILES string of the molecule is CCOC(=O)C1=C(C)N=c2s/c(=C\c3cc(C)n(-c4ccc(OCc5ccc(F)cc5)cc4)c3C)c(=O)n2[C@@H]1c1ccccc1Cl. The van der Waals surface area contributed by atoms with Crippen LogP contribution in [0.25, 0.3) is 11.8 Å². The second-order valence-corrected chi connectivity index (χ2v) is 12.3. The van der Waals surface area contributed by atoms with Gasteiger partial charge in [0.25, 0.3) is 5.56 Å². The van der Waals surface area contributed by atoms with Crippen LogP contribution in [0.4, 0.5) is 4.39 Å². The summed E-state index contributed by atoms with van der Waals surface area (Å²) in [5, 5.41) is 0.439. The zero-order valence-corrected chi connectivity index (χ0v) is 27.3. The third-order valence-corrected chi connectivity index (χ3v) is 9.21. The molecule has 1 aliphatic rings. The average molecular weight is 656 g/mol. The third kappa shape index (κ3) is 5.96. The van der Waals surface area contributed by atoms with Crippen LogP contribution < -0.4 is 19.6 Å². The van der Waals surface area contributed by atoms with Crippen molar-refractivity contribution in [1.29, 1.82) is 0 Å². The highest BCUT2D eigenvalue weighted by molar-refractivity contribution is 7.07. The van der Waals surface area contributed by atoms with E-state index in [1.54, 1.807) is 42.7 Å². The Balaban J connectivity index is 1.35. The Bertz CT molecular complexity index is 2160. The summed E-state index contributed by atoms with van der Waals surface area (Å²) in [7, 11) is 0. The second kappa shape index (κ2) is 12.9. The lowest BCUT2D eigenvalue weighted by Crippen LogP contribution is -2.40. The topological polar surface area (TPSA) is 74.8 Å². The van der Waals surface area contributed by atoms with E-state index in [2.05, 4.69) is 9.56 Å². The Morgan fingerprint density at radius 1 is 1.04 bits per heavy atom. The van der Waals surface area contributed by atoms with Gasteiger partial charge in [0, 0.05) is 22.1 Å². The standard InChI is InChI=1S/C36H31ClFN3O4S/c1-5-44-35(43)32-22(3)39-36-41(33(32)29-8-6-7-9-30(29)37)34(42)31(46-36)19-25-18-21(2)40(23(25)4)27-14-16-28(17-15-27)45-20-24-10-12-26(38)13-11-24/h6-19,33H,5,20H2,1-4H3/b31-19-/t33-/m1/s1. The zero-order valence-electron chi connectivity index (χ0n) is 25.7. The van der Waals surface area contributed by atoms with Crippen molar-refractivity contribution in [1.82, 2.24) is 9.13 Å². The number of fused-ring (bicyclic) bond motifs is 1. The van der Waals surface area contributed by atoms with Crippen molar-refractivity contribution in [3.8, 4) is 11.4 Å². The van der Waals surface area contributed by atoms with Crippen LogP contribution in [-0.2, 0) is 16.1 Å². The third-order valence-electron chi connectivity index (χ3n) is 7.89. The maximum Gasteiger partial charge on any atom is 0.338 e. The van der Waals surface area contributed by atoms with Crippen LogP contribution in [0.15, 0.2) is 99.9 Å². The van der Waals surface area contributed by atoms with Gasteiger partial charge >= 0.3 is 5.97 Å². The predicted octanol–water partition coefficient (Wildman–Crippen LogP) is 6.58. The maximum absolute atomic E-state index is 14.1. The van der Waals surface area contributed by atoms with Gasteiger partial charge in [-0.1, -0.05) is 53.3 Å². The lowest BCUT2D eigenvalue weighted by atomic mass is 9.96. The molecule has 234 valence electrons. The van der Waals surface area contributed by atoms with E-state index in [0.29, 0.717) is 38.0 Å². The molecule has 0 aliphatic carbocycles. The van der Waals surface area contributed by atoms with Gasteiger partial charge in [-0.15, -0.1) is 0 Å². The summed E-state index contributed by atoms with van der Waals surface area (Å²) in [4.78, 5) is 32.4. The van der Waals surface area contributed by atoms with Crippen LogP contribution >= 0.6 is 22.9 Å². The number of benzene rings is 3. The summed E-state index contributed by atoms with van der Waals surface area (Å²) in [5.41, 5.74) is 5.78. The molecule has 0 amide bonds. The molecule has 0 saturated heterocycles. The highest BCUT2D eigenvalue weighted by Gasteiger charge is 2.34. The molecule has 1 atom stereocenters. The first-order valence-electron chi connectivity index (χ1n) is 14.8. The summed E-state index contributed by atoms with van der Waals surface area (Å²) in [5.74, 6) is -0.113. The van der Waals surface area contributed by atoms with Crippen LogP contribution in [0.2, 0.25) is 5.02 Å². The monoisotopic (exact) mass is 655 g/mol. The maximum atomic E-state index is 14.1. The van der Waals surface area contributed by atoms with E-state index in [1.165, 1.54) is 23.5 Å². The summed E-state index contributed by atoms with van der Waals surface area (Å²) < 4.78 is 28.6. The lowest BCUT2D eigenvalue weighted by Gasteiger charge is -2.25. The number of nitrogens with zero attached hydrogens (tertiary/aromatic N) is 3. The van der Waals surface area contributed by atoms with Crippen molar-refractivity contribution in [2.75, 3.05) is 6.61 Å². The number of esters is 1. The predicted molar refractivity (Wildman–Crippen MR) is 178 cm³/mol. The fraction of sp³-hybridized carbons (Fsp3) is 0.194. The van der Waals surface area contributed by atoms with Crippen molar-refractivity contribution in [3.63, 3.8) is 0 Å². The molecule has 3 aromatic carbocycles. The Labute approximate surface area is 274 Å². The second-order valence-electron chi connectivity index (χ2n) is 10.9. The number of carbonyl (C=O) groups is 1. The van der Waals surface area contributed by atoms with Crippen LogP contribution in [-0.4, -0.2) is 21.7 Å². The molecule has 7 nitrogen and oxygen atoms in total. The zero-order chi connectivity index (χ0) is 32.5. The van der Waals surface area contributed by atoms with E-state index in [0.717, 1.165) is 28.2 Å². The molecule has 0 unspecified atom stereocenters.